The van der Waals surface area contributed by atoms with Crippen molar-refractivity contribution in [3.63, 3.8) is 0 Å². The lowest BCUT2D eigenvalue weighted by Gasteiger charge is -2.01. The van der Waals surface area contributed by atoms with Gasteiger partial charge in [-0.3, -0.25) is 0 Å². The second-order valence-electron chi connectivity index (χ2n) is 2.66. The molecule has 66 valence electrons. The van der Waals surface area contributed by atoms with E-state index in [4.69, 9.17) is 10.2 Å². The summed E-state index contributed by atoms with van der Waals surface area (Å²) < 4.78 is 0. The van der Waals surface area contributed by atoms with Crippen LogP contribution in [0.5, 0.6) is 0 Å². The molecule has 0 rings (SSSR count). The van der Waals surface area contributed by atoms with Gasteiger partial charge in [-0.25, -0.2) is 0 Å². The van der Waals surface area contributed by atoms with Crippen LogP contribution in [0.25, 0.3) is 0 Å². The maximum atomic E-state index is 8.78. The van der Waals surface area contributed by atoms with Crippen molar-refractivity contribution in [2.24, 2.45) is 0 Å². The first-order valence-corrected chi connectivity index (χ1v) is 4.24. The van der Waals surface area contributed by atoms with Crippen molar-refractivity contribution in [1.29, 1.82) is 0 Å². The van der Waals surface area contributed by atoms with Crippen molar-refractivity contribution >= 4 is 0 Å². The molecule has 2 nitrogen and oxygen atoms in total. The van der Waals surface area contributed by atoms with Crippen LogP contribution in [0.2, 0.25) is 0 Å². The lowest BCUT2D eigenvalue weighted by Crippen LogP contribution is -1.92. The van der Waals surface area contributed by atoms with Crippen molar-refractivity contribution in [1.82, 2.24) is 0 Å². The number of unbranched alkanes of at least 4 members (excludes halogenated alkanes) is 2. The number of aliphatic hydroxyl groups is 2. The Hall–Kier alpha value is -0.340. The Morgan fingerprint density at radius 3 is 2.45 bits per heavy atom. The molecule has 0 spiro atoms. The molecule has 2 heteroatoms. The Labute approximate surface area is 68.6 Å². The number of rotatable bonds is 6. The van der Waals surface area contributed by atoms with E-state index in [2.05, 4.69) is 6.92 Å². The van der Waals surface area contributed by atoms with Crippen LogP contribution in [0.1, 0.15) is 32.6 Å². The van der Waals surface area contributed by atoms with Crippen LogP contribution in [0.15, 0.2) is 11.6 Å². The minimum atomic E-state index is 0.0437. The summed E-state index contributed by atoms with van der Waals surface area (Å²) in [5.74, 6) is 0. The molecule has 11 heavy (non-hydrogen) atoms. The maximum absolute atomic E-state index is 8.78. The van der Waals surface area contributed by atoms with Crippen molar-refractivity contribution in [2.75, 3.05) is 13.2 Å². The fraction of sp³-hybridized carbons (Fsp3) is 0.778. The summed E-state index contributed by atoms with van der Waals surface area (Å²) in [7, 11) is 0. The summed E-state index contributed by atoms with van der Waals surface area (Å²) >= 11 is 0. The third kappa shape index (κ3) is 6.07. The zero-order chi connectivity index (χ0) is 8.53. The van der Waals surface area contributed by atoms with Crippen LogP contribution in [-0.4, -0.2) is 23.4 Å². The van der Waals surface area contributed by atoms with Gasteiger partial charge in [-0.1, -0.05) is 25.8 Å². The second kappa shape index (κ2) is 7.76. The molecular formula is C9H18O2. The Balaban J connectivity index is 3.44. The van der Waals surface area contributed by atoms with Gasteiger partial charge in [0.05, 0.1) is 13.2 Å². The second-order valence-corrected chi connectivity index (χ2v) is 2.66. The number of hydrogen-bond donors (Lipinski definition) is 2. The number of aliphatic hydroxyl groups excluding tert-OH is 2. The van der Waals surface area contributed by atoms with Crippen molar-refractivity contribution in [3.8, 4) is 0 Å². The molecule has 0 aliphatic rings. The summed E-state index contributed by atoms with van der Waals surface area (Å²) in [6.45, 7) is 2.28. The third-order valence-corrected chi connectivity index (χ3v) is 1.68. The minimum absolute atomic E-state index is 0.0437. The van der Waals surface area contributed by atoms with Crippen LogP contribution < -0.4 is 0 Å². The van der Waals surface area contributed by atoms with Gasteiger partial charge in [-0.15, -0.1) is 0 Å². The van der Waals surface area contributed by atoms with Gasteiger partial charge in [0.1, 0.15) is 0 Å². The number of hydrogen-bond acceptors (Lipinski definition) is 2. The Bertz CT molecular complexity index is 108. The molecule has 0 saturated carbocycles. The maximum Gasteiger partial charge on any atom is 0.0642 e. The zero-order valence-electron chi connectivity index (χ0n) is 7.21. The molecule has 0 atom stereocenters. The molecule has 0 aliphatic carbocycles. The van der Waals surface area contributed by atoms with E-state index in [-0.39, 0.29) is 13.2 Å². The van der Waals surface area contributed by atoms with Gasteiger partial charge in [-0.2, -0.15) is 0 Å². The molecule has 0 amide bonds. The molecule has 0 radical (unpaired) electrons. The van der Waals surface area contributed by atoms with E-state index in [0.29, 0.717) is 0 Å². The lowest BCUT2D eigenvalue weighted by molar-refractivity contribution is 0.314. The van der Waals surface area contributed by atoms with E-state index in [1.807, 2.05) is 0 Å². The molecule has 0 unspecified atom stereocenters. The Kier molecular flexibility index (Phi) is 7.52. The Morgan fingerprint density at radius 1 is 1.27 bits per heavy atom. The Morgan fingerprint density at radius 2 is 2.00 bits per heavy atom. The van der Waals surface area contributed by atoms with E-state index >= 15 is 0 Å². The topological polar surface area (TPSA) is 40.5 Å². The lowest BCUT2D eigenvalue weighted by atomic mass is 10.1. The van der Waals surface area contributed by atoms with Crippen LogP contribution in [0, 0.1) is 0 Å². The molecule has 0 fully saturated rings. The molecule has 0 saturated heterocycles. The highest BCUT2D eigenvalue weighted by atomic mass is 16.3. The average Bonchev–Trinajstić information content (AvgIpc) is 2.03. The molecule has 0 bridgehead atoms. The monoisotopic (exact) mass is 158 g/mol. The van der Waals surface area contributed by atoms with Crippen molar-refractivity contribution < 1.29 is 10.2 Å². The zero-order valence-corrected chi connectivity index (χ0v) is 7.21. The van der Waals surface area contributed by atoms with E-state index in [9.17, 15) is 0 Å². The van der Waals surface area contributed by atoms with Crippen LogP contribution >= 0.6 is 0 Å². The largest absolute Gasteiger partial charge is 0.392 e. The quantitative estimate of drug-likeness (QED) is 0.454. The summed E-state index contributed by atoms with van der Waals surface area (Å²) in [5, 5.41) is 17.3. The first kappa shape index (κ1) is 10.7. The highest BCUT2D eigenvalue weighted by molar-refractivity contribution is 5.01. The van der Waals surface area contributed by atoms with Crippen LogP contribution in [0.3, 0.4) is 0 Å². The summed E-state index contributed by atoms with van der Waals surface area (Å²) in [6, 6.07) is 0. The van der Waals surface area contributed by atoms with Gasteiger partial charge < -0.3 is 10.2 Å². The predicted molar refractivity (Wildman–Crippen MR) is 46.4 cm³/mol. The molecular weight excluding hydrogens is 140 g/mol. The van der Waals surface area contributed by atoms with Gasteiger partial charge in [0.25, 0.3) is 0 Å². The fourth-order valence-corrected chi connectivity index (χ4v) is 0.977. The summed E-state index contributed by atoms with van der Waals surface area (Å²) in [4.78, 5) is 0. The van der Waals surface area contributed by atoms with E-state index in [1.54, 1.807) is 6.08 Å². The molecule has 0 aromatic heterocycles. The van der Waals surface area contributed by atoms with E-state index in [1.165, 1.54) is 12.8 Å². The van der Waals surface area contributed by atoms with Gasteiger partial charge in [0, 0.05) is 0 Å². The van der Waals surface area contributed by atoms with Crippen LogP contribution in [-0.2, 0) is 0 Å². The van der Waals surface area contributed by atoms with Gasteiger partial charge in [0.2, 0.25) is 0 Å². The standard InChI is InChI=1S/C9H18O2/c1-2-3-4-5-9(8-11)6-7-10/h6,10-11H,2-5,7-8H2,1H3/b9-6-. The predicted octanol–water partition coefficient (Wildman–Crippen LogP) is 1.48. The molecule has 0 aromatic carbocycles. The molecule has 2 N–H and O–H groups in total. The normalized spacial score (nSPS) is 12.1. The summed E-state index contributed by atoms with van der Waals surface area (Å²) in [5.41, 5.74) is 0.959. The van der Waals surface area contributed by atoms with E-state index < -0.39 is 0 Å². The molecule has 0 heterocycles. The molecule has 0 aromatic rings. The summed E-state index contributed by atoms with van der Waals surface area (Å²) in [6.07, 6.45) is 6.12. The van der Waals surface area contributed by atoms with Crippen LogP contribution in [0.4, 0.5) is 0 Å². The van der Waals surface area contributed by atoms with Gasteiger partial charge in [-0.05, 0) is 18.4 Å². The first-order chi connectivity index (χ1) is 5.35. The van der Waals surface area contributed by atoms with Gasteiger partial charge in [0.15, 0.2) is 0 Å². The molecule has 0 aliphatic heterocycles. The fourth-order valence-electron chi connectivity index (χ4n) is 0.977. The average molecular weight is 158 g/mol. The first-order valence-electron chi connectivity index (χ1n) is 4.24. The highest BCUT2D eigenvalue weighted by Gasteiger charge is 1.93. The smallest absolute Gasteiger partial charge is 0.0642 e. The van der Waals surface area contributed by atoms with Crippen molar-refractivity contribution in [3.05, 3.63) is 11.6 Å². The SMILES string of the molecule is CCCCC/C(=C/CO)CO. The van der Waals surface area contributed by atoms with Crippen molar-refractivity contribution in [2.45, 2.75) is 32.6 Å². The van der Waals surface area contributed by atoms with Gasteiger partial charge >= 0.3 is 0 Å². The highest BCUT2D eigenvalue weighted by Crippen LogP contribution is 2.07. The minimum Gasteiger partial charge on any atom is -0.392 e. The third-order valence-electron chi connectivity index (χ3n) is 1.68. The van der Waals surface area contributed by atoms with E-state index in [0.717, 1.165) is 18.4 Å².